The Morgan fingerprint density at radius 3 is 2.14 bits per heavy atom. The first-order valence-electron chi connectivity index (χ1n) is 11.1. The van der Waals surface area contributed by atoms with Gasteiger partial charge in [0.25, 0.3) is 11.8 Å². The molecule has 9 nitrogen and oxygen atoms in total. The molecule has 3 amide bonds. The fourth-order valence-corrected chi connectivity index (χ4v) is 3.43. The number of alkyl carbamates (subject to hydrolysis) is 1. The highest BCUT2D eigenvalue weighted by atomic mass is 16.6. The number of esters is 1. The third-order valence-corrected chi connectivity index (χ3v) is 5.01. The predicted molar refractivity (Wildman–Crippen MR) is 126 cm³/mol. The van der Waals surface area contributed by atoms with E-state index in [0.29, 0.717) is 5.56 Å². The van der Waals surface area contributed by atoms with Crippen LogP contribution < -0.4 is 5.32 Å². The van der Waals surface area contributed by atoms with E-state index in [2.05, 4.69) is 5.32 Å². The molecular weight excluding hydrogens is 452 g/mol. The average molecular weight is 481 g/mol. The molecular formula is C26H28N2O7. The number of nitrogens with one attached hydrogen (secondary N) is 1. The Kier molecular flexibility index (Phi) is 7.91. The highest BCUT2D eigenvalue weighted by Gasteiger charge is 2.42. The normalized spacial score (nSPS) is 14.5. The van der Waals surface area contributed by atoms with Gasteiger partial charge in [-0.1, -0.05) is 60.7 Å². The van der Waals surface area contributed by atoms with Gasteiger partial charge in [-0.3, -0.25) is 14.5 Å². The van der Waals surface area contributed by atoms with Gasteiger partial charge in [-0.05, 0) is 31.9 Å². The number of hydrogen-bond acceptors (Lipinski definition) is 7. The van der Waals surface area contributed by atoms with Crippen LogP contribution in [0.15, 0.2) is 72.0 Å². The molecule has 0 saturated carbocycles. The first-order valence-corrected chi connectivity index (χ1v) is 11.1. The Morgan fingerprint density at radius 1 is 1.00 bits per heavy atom. The Labute approximate surface area is 203 Å². The van der Waals surface area contributed by atoms with Crippen LogP contribution in [0.2, 0.25) is 0 Å². The molecule has 0 radical (unpaired) electrons. The van der Waals surface area contributed by atoms with Gasteiger partial charge in [0.1, 0.15) is 24.0 Å². The van der Waals surface area contributed by atoms with Gasteiger partial charge in [-0.15, -0.1) is 0 Å². The molecule has 0 spiro atoms. The largest absolute Gasteiger partial charge is 0.509 e. The minimum atomic E-state index is -1.18. The molecule has 35 heavy (non-hydrogen) atoms. The maximum Gasteiger partial charge on any atom is 0.408 e. The molecule has 0 aliphatic carbocycles. The molecule has 1 heterocycles. The summed E-state index contributed by atoms with van der Waals surface area (Å²) in [4.78, 5) is 51.9. The second-order valence-electron chi connectivity index (χ2n) is 9.00. The Hall–Kier alpha value is -4.14. The summed E-state index contributed by atoms with van der Waals surface area (Å²) < 4.78 is 10.4. The topological polar surface area (TPSA) is 122 Å². The van der Waals surface area contributed by atoms with Crippen molar-refractivity contribution in [1.82, 2.24) is 10.2 Å². The van der Waals surface area contributed by atoms with Crippen LogP contribution >= 0.6 is 0 Å². The SMILES string of the molecule is CC(C)(C)OC(=O)N[C@@H](Cc1ccccc1)C(=O)N1CC(O)=C(C(=O)OCc2ccccc2)C1=O. The van der Waals surface area contributed by atoms with E-state index in [-0.39, 0.29) is 13.0 Å². The Balaban J connectivity index is 1.73. The van der Waals surface area contributed by atoms with Gasteiger partial charge in [0.2, 0.25) is 0 Å². The lowest BCUT2D eigenvalue weighted by Gasteiger charge is -2.25. The summed E-state index contributed by atoms with van der Waals surface area (Å²) in [7, 11) is 0. The molecule has 0 bridgehead atoms. The van der Waals surface area contributed by atoms with E-state index < -0.39 is 53.4 Å². The smallest absolute Gasteiger partial charge is 0.408 e. The average Bonchev–Trinajstić information content (AvgIpc) is 3.10. The van der Waals surface area contributed by atoms with Crippen molar-refractivity contribution in [2.75, 3.05) is 6.54 Å². The summed E-state index contributed by atoms with van der Waals surface area (Å²) in [5, 5.41) is 12.8. The van der Waals surface area contributed by atoms with Crippen molar-refractivity contribution in [3.05, 3.63) is 83.1 Å². The third-order valence-electron chi connectivity index (χ3n) is 5.01. The summed E-state index contributed by atoms with van der Waals surface area (Å²) in [6.45, 7) is 4.43. The van der Waals surface area contributed by atoms with E-state index in [4.69, 9.17) is 9.47 Å². The van der Waals surface area contributed by atoms with Crippen molar-refractivity contribution in [3.8, 4) is 0 Å². The summed E-state index contributed by atoms with van der Waals surface area (Å²) in [6, 6.07) is 16.5. The first-order chi connectivity index (χ1) is 16.5. The second-order valence-corrected chi connectivity index (χ2v) is 9.00. The number of rotatable bonds is 7. The molecule has 3 rings (SSSR count). The minimum Gasteiger partial charge on any atom is -0.509 e. The number of aliphatic hydroxyl groups is 1. The molecule has 1 atom stereocenters. The first kappa shape index (κ1) is 25.5. The standard InChI is InChI=1S/C26H28N2O7/c1-26(2,3)35-25(33)27-19(14-17-10-6-4-7-11-17)22(30)28-15-20(29)21(23(28)31)24(32)34-16-18-12-8-5-9-13-18/h4-13,19,29H,14-16H2,1-3H3,(H,27,33)/t19-/m0/s1. The zero-order valence-corrected chi connectivity index (χ0v) is 19.8. The molecule has 9 heteroatoms. The van der Waals surface area contributed by atoms with Crippen molar-refractivity contribution in [3.63, 3.8) is 0 Å². The van der Waals surface area contributed by atoms with Crippen LogP contribution in [0.3, 0.4) is 0 Å². The maximum atomic E-state index is 13.3. The number of amides is 3. The van der Waals surface area contributed by atoms with Crippen molar-refractivity contribution in [1.29, 1.82) is 0 Å². The summed E-state index contributed by atoms with van der Waals surface area (Å²) in [6.07, 6.45) is -0.768. The van der Waals surface area contributed by atoms with Gasteiger partial charge in [0.05, 0.1) is 6.54 Å². The number of nitrogens with zero attached hydrogens (tertiary/aromatic N) is 1. The molecule has 0 aromatic heterocycles. The third kappa shape index (κ3) is 6.92. The van der Waals surface area contributed by atoms with Crippen LogP contribution in [0.5, 0.6) is 0 Å². The Morgan fingerprint density at radius 2 is 1.57 bits per heavy atom. The van der Waals surface area contributed by atoms with Crippen LogP contribution in [0.1, 0.15) is 31.9 Å². The lowest BCUT2D eigenvalue weighted by Crippen LogP contribution is -2.51. The van der Waals surface area contributed by atoms with Gasteiger partial charge in [-0.2, -0.15) is 0 Å². The molecule has 0 saturated heterocycles. The predicted octanol–water partition coefficient (Wildman–Crippen LogP) is 3.05. The molecule has 184 valence electrons. The number of benzene rings is 2. The van der Waals surface area contributed by atoms with Crippen LogP contribution in [0, 0.1) is 0 Å². The van der Waals surface area contributed by atoms with Gasteiger partial charge >= 0.3 is 12.1 Å². The minimum absolute atomic E-state index is 0.0667. The number of carbonyl (C=O) groups is 4. The summed E-state index contributed by atoms with van der Waals surface area (Å²) in [5.41, 5.74) is 0.0192. The lowest BCUT2D eigenvalue weighted by molar-refractivity contribution is -0.146. The number of aliphatic hydroxyl groups excluding tert-OH is 1. The molecule has 2 aromatic carbocycles. The maximum absolute atomic E-state index is 13.3. The van der Waals surface area contributed by atoms with Crippen molar-refractivity contribution >= 4 is 23.9 Å². The lowest BCUT2D eigenvalue weighted by atomic mass is 10.0. The van der Waals surface area contributed by atoms with E-state index in [1.807, 2.05) is 0 Å². The van der Waals surface area contributed by atoms with Gasteiger partial charge in [0.15, 0.2) is 5.57 Å². The number of hydrogen-bond donors (Lipinski definition) is 2. The van der Waals surface area contributed by atoms with E-state index in [1.165, 1.54) is 0 Å². The van der Waals surface area contributed by atoms with Crippen LogP contribution in [0.4, 0.5) is 4.79 Å². The van der Waals surface area contributed by atoms with E-state index >= 15 is 0 Å². The summed E-state index contributed by atoms with van der Waals surface area (Å²) in [5.74, 6) is -3.39. The number of carbonyl (C=O) groups excluding carboxylic acids is 4. The highest BCUT2D eigenvalue weighted by Crippen LogP contribution is 2.21. The molecule has 0 unspecified atom stereocenters. The quantitative estimate of drug-likeness (QED) is 0.461. The molecule has 2 aromatic rings. The molecule has 1 aliphatic heterocycles. The van der Waals surface area contributed by atoms with E-state index in [0.717, 1.165) is 10.5 Å². The molecule has 0 fully saturated rings. The zero-order chi connectivity index (χ0) is 25.6. The van der Waals surface area contributed by atoms with Crippen LogP contribution in [-0.4, -0.2) is 52.1 Å². The van der Waals surface area contributed by atoms with Crippen molar-refractivity contribution in [2.45, 2.75) is 45.4 Å². The van der Waals surface area contributed by atoms with Crippen LogP contribution in [0.25, 0.3) is 0 Å². The fraction of sp³-hybridized carbons (Fsp3) is 0.308. The second kappa shape index (κ2) is 10.9. The van der Waals surface area contributed by atoms with E-state index in [9.17, 15) is 24.3 Å². The number of ether oxygens (including phenoxy) is 2. The molecule has 2 N–H and O–H groups in total. The van der Waals surface area contributed by atoms with Crippen molar-refractivity contribution in [2.24, 2.45) is 0 Å². The van der Waals surface area contributed by atoms with Crippen molar-refractivity contribution < 1.29 is 33.8 Å². The number of imide groups is 1. The Bertz CT molecular complexity index is 1120. The fourth-order valence-electron chi connectivity index (χ4n) is 3.43. The van der Waals surface area contributed by atoms with Crippen LogP contribution in [-0.2, 0) is 36.9 Å². The zero-order valence-electron chi connectivity index (χ0n) is 19.8. The molecule has 1 aliphatic rings. The monoisotopic (exact) mass is 480 g/mol. The van der Waals surface area contributed by atoms with Gasteiger partial charge in [-0.25, -0.2) is 9.59 Å². The van der Waals surface area contributed by atoms with Gasteiger partial charge in [0, 0.05) is 6.42 Å². The summed E-state index contributed by atoms with van der Waals surface area (Å²) >= 11 is 0. The van der Waals surface area contributed by atoms with E-state index in [1.54, 1.807) is 81.4 Å². The highest BCUT2D eigenvalue weighted by molar-refractivity contribution is 6.22. The van der Waals surface area contributed by atoms with Gasteiger partial charge < -0.3 is 19.9 Å².